The lowest BCUT2D eigenvalue weighted by Crippen LogP contribution is -2.37. The molecule has 1 aliphatic rings. The van der Waals surface area contributed by atoms with Crippen LogP contribution in [0, 0.1) is 0 Å². The normalized spacial score (nSPS) is 13.0. The Balaban J connectivity index is 1.34. The number of aromatic nitrogens is 1. The minimum absolute atomic E-state index is 0.0113. The monoisotopic (exact) mass is 463 g/mol. The molecule has 9 heteroatoms. The molecule has 0 bridgehead atoms. The van der Waals surface area contributed by atoms with Crippen LogP contribution in [0.4, 0.5) is 4.79 Å². The summed E-state index contributed by atoms with van der Waals surface area (Å²) in [6.45, 7) is 1.84. The summed E-state index contributed by atoms with van der Waals surface area (Å²) in [7, 11) is 0. The lowest BCUT2D eigenvalue weighted by Gasteiger charge is -2.15. The number of alkyl carbamates (subject to hydrolysis) is 1. The number of carbonyl (C=O) groups is 3. The van der Waals surface area contributed by atoms with Crippen LogP contribution in [0.15, 0.2) is 59.3 Å². The molecule has 1 atom stereocenters. The van der Waals surface area contributed by atoms with E-state index in [1.54, 1.807) is 6.92 Å². The van der Waals surface area contributed by atoms with Crippen LogP contribution in [0.1, 0.15) is 53.1 Å². The van der Waals surface area contributed by atoms with Gasteiger partial charge in [0.25, 0.3) is 5.91 Å². The summed E-state index contributed by atoms with van der Waals surface area (Å²) in [6, 6.07) is 15.6. The minimum atomic E-state index is -1.01. The van der Waals surface area contributed by atoms with Gasteiger partial charge in [0.05, 0.1) is 13.0 Å². The van der Waals surface area contributed by atoms with Gasteiger partial charge >= 0.3 is 12.1 Å². The number of nitrogens with one attached hydrogen (secondary N) is 2. The predicted molar refractivity (Wildman–Crippen MR) is 122 cm³/mol. The maximum absolute atomic E-state index is 12.5. The molecular formula is C25H25N3O6. The number of benzene rings is 2. The Hall–Kier alpha value is -4.14. The topological polar surface area (TPSA) is 131 Å². The highest BCUT2D eigenvalue weighted by Crippen LogP contribution is 2.44. The molecule has 176 valence electrons. The molecule has 3 aromatic rings. The lowest BCUT2D eigenvalue weighted by atomic mass is 9.98. The lowest BCUT2D eigenvalue weighted by molar-refractivity contribution is -0.137. The van der Waals surface area contributed by atoms with Crippen molar-refractivity contribution in [2.24, 2.45) is 0 Å². The number of carbonyl (C=O) groups excluding carboxylic acids is 2. The molecule has 0 aliphatic heterocycles. The summed E-state index contributed by atoms with van der Waals surface area (Å²) >= 11 is 0. The average molecular weight is 463 g/mol. The van der Waals surface area contributed by atoms with Crippen molar-refractivity contribution in [1.29, 1.82) is 0 Å². The molecule has 34 heavy (non-hydrogen) atoms. The Kier molecular flexibility index (Phi) is 6.91. The molecule has 0 fully saturated rings. The molecule has 0 saturated carbocycles. The van der Waals surface area contributed by atoms with Crippen molar-refractivity contribution in [1.82, 2.24) is 15.6 Å². The Morgan fingerprint density at radius 2 is 1.74 bits per heavy atom. The summed E-state index contributed by atoms with van der Waals surface area (Å²) in [5, 5.41) is 14.2. The van der Waals surface area contributed by atoms with E-state index in [0.717, 1.165) is 28.6 Å². The van der Waals surface area contributed by atoms with Crippen LogP contribution in [0.2, 0.25) is 0 Å². The Morgan fingerprint density at radius 1 is 1.09 bits per heavy atom. The van der Waals surface area contributed by atoms with E-state index in [4.69, 9.17) is 14.3 Å². The van der Waals surface area contributed by atoms with Gasteiger partial charge in [0.15, 0.2) is 17.8 Å². The number of carboxylic acids is 1. The third kappa shape index (κ3) is 4.93. The van der Waals surface area contributed by atoms with Crippen molar-refractivity contribution in [3.63, 3.8) is 0 Å². The van der Waals surface area contributed by atoms with Crippen molar-refractivity contribution in [2.45, 2.75) is 38.3 Å². The van der Waals surface area contributed by atoms with E-state index >= 15 is 0 Å². The molecule has 1 aromatic heterocycles. The molecule has 0 saturated heterocycles. The summed E-state index contributed by atoms with van der Waals surface area (Å²) in [5.41, 5.74) is 4.48. The first kappa shape index (κ1) is 23.0. The van der Waals surface area contributed by atoms with Crippen molar-refractivity contribution in [3.8, 4) is 11.1 Å². The van der Waals surface area contributed by atoms with E-state index < -0.39 is 24.0 Å². The average Bonchev–Trinajstić information content (AvgIpc) is 3.43. The summed E-state index contributed by atoms with van der Waals surface area (Å²) in [5.74, 6) is -1.49. The zero-order valence-electron chi connectivity index (χ0n) is 18.6. The van der Waals surface area contributed by atoms with Gasteiger partial charge in [-0.3, -0.25) is 9.59 Å². The SMILES string of the molecule is CCC(CC(=O)O)NC(=O)c1ncoc1CNC(=O)OCC1c2ccccc2-c2ccccc21. The number of hydrogen-bond acceptors (Lipinski definition) is 6. The van der Waals surface area contributed by atoms with Gasteiger partial charge < -0.3 is 24.9 Å². The van der Waals surface area contributed by atoms with Crippen LogP contribution in [0.3, 0.4) is 0 Å². The van der Waals surface area contributed by atoms with Crippen LogP contribution in [-0.2, 0) is 16.1 Å². The molecule has 4 rings (SSSR count). The number of hydrogen-bond donors (Lipinski definition) is 3. The second kappa shape index (κ2) is 10.2. The second-order valence-corrected chi connectivity index (χ2v) is 7.98. The van der Waals surface area contributed by atoms with E-state index in [1.165, 1.54) is 0 Å². The molecule has 1 heterocycles. The number of amides is 2. The maximum Gasteiger partial charge on any atom is 0.407 e. The number of oxazole rings is 1. The summed E-state index contributed by atoms with van der Waals surface area (Å²) in [6.07, 6.45) is 0.695. The highest BCUT2D eigenvalue weighted by Gasteiger charge is 2.29. The molecule has 1 unspecified atom stereocenters. The van der Waals surface area contributed by atoms with E-state index in [2.05, 4.69) is 27.8 Å². The fraction of sp³-hybridized carbons (Fsp3) is 0.280. The van der Waals surface area contributed by atoms with Crippen LogP contribution < -0.4 is 10.6 Å². The van der Waals surface area contributed by atoms with Crippen LogP contribution in [0.5, 0.6) is 0 Å². The fourth-order valence-electron chi connectivity index (χ4n) is 4.14. The summed E-state index contributed by atoms with van der Waals surface area (Å²) in [4.78, 5) is 39.7. The van der Waals surface area contributed by atoms with Gasteiger partial charge in [0.2, 0.25) is 0 Å². The second-order valence-electron chi connectivity index (χ2n) is 7.98. The Morgan fingerprint density at radius 3 is 2.35 bits per heavy atom. The van der Waals surface area contributed by atoms with Crippen molar-refractivity contribution in [2.75, 3.05) is 6.61 Å². The van der Waals surface area contributed by atoms with Crippen LogP contribution in [0.25, 0.3) is 11.1 Å². The zero-order chi connectivity index (χ0) is 24.1. The molecule has 1 aliphatic carbocycles. The zero-order valence-corrected chi connectivity index (χ0v) is 18.6. The first-order valence-corrected chi connectivity index (χ1v) is 11.0. The number of nitrogens with zero attached hydrogens (tertiary/aromatic N) is 1. The molecule has 3 N–H and O–H groups in total. The highest BCUT2D eigenvalue weighted by atomic mass is 16.5. The minimum Gasteiger partial charge on any atom is -0.481 e. The van der Waals surface area contributed by atoms with Gasteiger partial charge in [0, 0.05) is 12.0 Å². The van der Waals surface area contributed by atoms with E-state index in [-0.39, 0.29) is 36.9 Å². The first-order chi connectivity index (χ1) is 16.5. The van der Waals surface area contributed by atoms with Gasteiger partial charge in [-0.05, 0) is 28.7 Å². The predicted octanol–water partition coefficient (Wildman–Crippen LogP) is 3.70. The quantitative estimate of drug-likeness (QED) is 0.441. The molecule has 2 aromatic carbocycles. The molecule has 0 spiro atoms. The Labute approximate surface area is 196 Å². The van der Waals surface area contributed by atoms with Gasteiger partial charge in [-0.15, -0.1) is 0 Å². The number of ether oxygens (including phenoxy) is 1. The van der Waals surface area contributed by atoms with Gasteiger partial charge in [-0.2, -0.15) is 0 Å². The molecule has 2 amide bonds. The van der Waals surface area contributed by atoms with Crippen molar-refractivity contribution >= 4 is 18.0 Å². The molecular weight excluding hydrogens is 438 g/mol. The van der Waals surface area contributed by atoms with Gasteiger partial charge in [0.1, 0.15) is 6.61 Å². The van der Waals surface area contributed by atoms with E-state index in [0.29, 0.717) is 6.42 Å². The maximum atomic E-state index is 12.5. The first-order valence-electron chi connectivity index (χ1n) is 11.0. The van der Waals surface area contributed by atoms with Gasteiger partial charge in [-0.25, -0.2) is 9.78 Å². The van der Waals surface area contributed by atoms with Gasteiger partial charge in [-0.1, -0.05) is 55.5 Å². The van der Waals surface area contributed by atoms with E-state index in [1.807, 2.05) is 36.4 Å². The van der Waals surface area contributed by atoms with Crippen molar-refractivity contribution in [3.05, 3.63) is 77.5 Å². The third-order valence-corrected chi connectivity index (χ3v) is 5.84. The number of fused-ring (bicyclic) bond motifs is 3. The standard InChI is InChI=1S/C25H25N3O6/c1-2-15(11-22(29)30)28-24(31)23-21(34-14-27-23)12-26-25(32)33-13-20-18-9-5-3-7-16(18)17-8-4-6-10-19(17)20/h3-10,14-15,20H,2,11-13H2,1H3,(H,26,32)(H,28,31)(H,29,30). The van der Waals surface area contributed by atoms with Crippen molar-refractivity contribution < 1.29 is 28.6 Å². The molecule has 9 nitrogen and oxygen atoms in total. The summed E-state index contributed by atoms with van der Waals surface area (Å²) < 4.78 is 10.7. The van der Waals surface area contributed by atoms with Crippen LogP contribution >= 0.6 is 0 Å². The smallest absolute Gasteiger partial charge is 0.407 e. The third-order valence-electron chi connectivity index (χ3n) is 5.84. The largest absolute Gasteiger partial charge is 0.481 e. The van der Waals surface area contributed by atoms with E-state index in [9.17, 15) is 14.4 Å². The van der Waals surface area contributed by atoms with Crippen LogP contribution in [-0.4, -0.2) is 40.7 Å². The number of aliphatic carboxylic acids is 1. The number of rotatable bonds is 9. The Bertz CT molecular complexity index is 1160. The highest BCUT2D eigenvalue weighted by molar-refractivity contribution is 5.93. The molecule has 0 radical (unpaired) electrons. The number of carboxylic acid groups (broad SMARTS) is 1. The fourth-order valence-corrected chi connectivity index (χ4v) is 4.14.